The van der Waals surface area contributed by atoms with Gasteiger partial charge < -0.3 is 15.2 Å². The van der Waals surface area contributed by atoms with E-state index >= 15 is 0 Å². The largest absolute Gasteiger partial charge is 0.480 e. The number of nitrogens with one attached hydrogen (secondary N) is 1. The average molecular weight is 694 g/mol. The molecule has 0 aromatic heterocycles. The van der Waals surface area contributed by atoms with E-state index in [1.54, 1.807) is 0 Å². The van der Waals surface area contributed by atoms with Gasteiger partial charge in [0.05, 0.1) is 0 Å². The number of amides is 1. The molecule has 9 unspecified atom stereocenters. The molecular formula is C44H71NO5. The van der Waals surface area contributed by atoms with Crippen LogP contribution in [0.1, 0.15) is 163 Å². The smallest absolute Gasteiger partial charge is 0.322 e. The van der Waals surface area contributed by atoms with Gasteiger partial charge in [0, 0.05) is 12.8 Å². The van der Waals surface area contributed by atoms with E-state index in [-0.39, 0.29) is 24.5 Å². The van der Waals surface area contributed by atoms with Crippen LogP contribution in [0.25, 0.3) is 0 Å². The van der Waals surface area contributed by atoms with Crippen molar-refractivity contribution in [2.75, 3.05) is 6.54 Å². The van der Waals surface area contributed by atoms with Crippen molar-refractivity contribution in [2.24, 2.45) is 46.3 Å². The Morgan fingerprint density at radius 3 is 2.24 bits per heavy atom. The number of esters is 1. The van der Waals surface area contributed by atoms with Gasteiger partial charge in [-0.25, -0.2) is 0 Å². The van der Waals surface area contributed by atoms with Crippen molar-refractivity contribution in [3.63, 3.8) is 0 Å². The van der Waals surface area contributed by atoms with E-state index in [1.165, 1.54) is 64.2 Å². The maximum atomic E-state index is 12.8. The van der Waals surface area contributed by atoms with Gasteiger partial charge in [0.15, 0.2) is 0 Å². The summed E-state index contributed by atoms with van der Waals surface area (Å²) in [5.41, 5.74) is 0.699. The standard InChI is InChI=1S/C44H71NO5/c1-5-6-7-8-9-10-11-12-13-14-15-16-17-18-19-20-42(49)50-35-27-29-43(3)34(31-35)22-23-36-38-25-24-37(44(38,4)30-28-39(36)43)33(2)21-26-40(46)45-32-41(47)48/h6-7,9-10,12-13,33-39H,5,8,11,14-32H2,1-4H3,(H,45,46)(H,47,48)/b7-6-,10-9-,13-12-. The third kappa shape index (κ3) is 11.1. The van der Waals surface area contributed by atoms with Gasteiger partial charge in [-0.3, -0.25) is 14.4 Å². The molecule has 50 heavy (non-hydrogen) atoms. The van der Waals surface area contributed by atoms with Crippen LogP contribution in [0.15, 0.2) is 36.5 Å². The minimum Gasteiger partial charge on any atom is -0.480 e. The zero-order chi connectivity index (χ0) is 36.0. The van der Waals surface area contributed by atoms with Crippen molar-refractivity contribution in [3.05, 3.63) is 36.5 Å². The van der Waals surface area contributed by atoms with Gasteiger partial charge in [-0.15, -0.1) is 0 Å². The fourth-order valence-corrected chi connectivity index (χ4v) is 11.3. The number of ether oxygens (including phenoxy) is 1. The minimum atomic E-state index is -0.992. The molecule has 0 aromatic carbocycles. The maximum absolute atomic E-state index is 12.8. The highest BCUT2D eigenvalue weighted by molar-refractivity contribution is 5.81. The molecule has 9 atom stereocenters. The Morgan fingerprint density at radius 2 is 1.48 bits per heavy atom. The molecular weight excluding hydrogens is 622 g/mol. The second-order valence-corrected chi connectivity index (χ2v) is 17.1. The number of rotatable bonds is 20. The molecule has 2 N–H and O–H groups in total. The SMILES string of the molecule is CC/C=C\C/C=C\C/C=C\CCCCCCCC(=O)OC1CCC2(C)C(CCC3C2CCC2(C)C(C(C)CCC(=O)NCC(=O)O)CCC32)C1. The zero-order valence-corrected chi connectivity index (χ0v) is 32.1. The van der Waals surface area contributed by atoms with Crippen LogP contribution in [0, 0.1) is 46.3 Å². The van der Waals surface area contributed by atoms with Gasteiger partial charge >= 0.3 is 11.9 Å². The molecule has 0 spiro atoms. The number of carboxylic acid groups (broad SMARTS) is 1. The normalized spacial score (nSPS) is 32.9. The quantitative estimate of drug-likeness (QED) is 0.0752. The molecule has 4 fully saturated rings. The lowest BCUT2D eigenvalue weighted by Crippen LogP contribution is -2.54. The lowest BCUT2D eigenvalue weighted by atomic mass is 9.44. The van der Waals surface area contributed by atoms with Crippen LogP contribution in [0.2, 0.25) is 0 Å². The molecule has 6 heteroatoms. The highest BCUT2D eigenvalue weighted by Crippen LogP contribution is 2.68. The van der Waals surface area contributed by atoms with E-state index < -0.39 is 5.97 Å². The Bertz CT molecular complexity index is 1170. The fraction of sp³-hybridized carbons (Fsp3) is 0.795. The number of aliphatic carboxylic acids is 1. The third-order valence-corrected chi connectivity index (χ3v) is 14.0. The molecule has 0 radical (unpaired) electrons. The first-order chi connectivity index (χ1) is 24.1. The number of hydrogen-bond acceptors (Lipinski definition) is 4. The van der Waals surface area contributed by atoms with Gasteiger partial charge in [-0.2, -0.15) is 0 Å². The van der Waals surface area contributed by atoms with Crippen LogP contribution in [-0.4, -0.2) is 35.6 Å². The van der Waals surface area contributed by atoms with E-state index in [2.05, 4.69) is 69.5 Å². The zero-order valence-electron chi connectivity index (χ0n) is 32.1. The fourth-order valence-electron chi connectivity index (χ4n) is 11.3. The predicted molar refractivity (Wildman–Crippen MR) is 203 cm³/mol. The van der Waals surface area contributed by atoms with Crippen LogP contribution in [0.4, 0.5) is 0 Å². The van der Waals surface area contributed by atoms with Crippen LogP contribution in [-0.2, 0) is 19.1 Å². The summed E-state index contributed by atoms with van der Waals surface area (Å²) in [7, 11) is 0. The first-order valence-electron chi connectivity index (χ1n) is 20.7. The molecule has 0 heterocycles. The van der Waals surface area contributed by atoms with Crippen molar-refractivity contribution < 1.29 is 24.2 Å². The molecule has 0 aromatic rings. The van der Waals surface area contributed by atoms with Gasteiger partial charge in [0.25, 0.3) is 0 Å². The number of allylic oxidation sites excluding steroid dienone is 6. The number of hydrogen-bond donors (Lipinski definition) is 2. The first kappa shape index (κ1) is 40.4. The van der Waals surface area contributed by atoms with Crippen molar-refractivity contribution >= 4 is 17.8 Å². The Labute approximate surface area is 304 Å². The van der Waals surface area contributed by atoms with Gasteiger partial charge in [0.2, 0.25) is 5.91 Å². The second kappa shape index (κ2) is 20.0. The Balaban J connectivity index is 1.12. The highest BCUT2D eigenvalue weighted by Gasteiger charge is 2.60. The van der Waals surface area contributed by atoms with E-state index in [9.17, 15) is 14.4 Å². The molecule has 6 nitrogen and oxygen atoms in total. The summed E-state index contributed by atoms with van der Waals surface area (Å²) in [6.45, 7) is 9.34. The van der Waals surface area contributed by atoms with Crippen molar-refractivity contribution in [1.29, 1.82) is 0 Å². The summed E-state index contributed by atoms with van der Waals surface area (Å²) in [5, 5.41) is 11.4. The number of carbonyl (C=O) groups is 3. The Kier molecular flexibility index (Phi) is 16.2. The summed E-state index contributed by atoms with van der Waals surface area (Å²) in [6, 6.07) is 0. The van der Waals surface area contributed by atoms with E-state index in [0.717, 1.165) is 75.5 Å². The number of carboxylic acids is 1. The molecule has 0 aliphatic heterocycles. The summed E-state index contributed by atoms with van der Waals surface area (Å²) >= 11 is 0. The number of carbonyl (C=O) groups excluding carboxylic acids is 2. The molecule has 0 saturated heterocycles. The molecule has 4 aliphatic carbocycles. The summed E-state index contributed by atoms with van der Waals surface area (Å²) < 4.78 is 6.12. The summed E-state index contributed by atoms with van der Waals surface area (Å²) in [6.07, 6.45) is 36.4. The Hall–Kier alpha value is -2.37. The Morgan fingerprint density at radius 1 is 0.800 bits per heavy atom. The second-order valence-electron chi connectivity index (χ2n) is 17.1. The van der Waals surface area contributed by atoms with Crippen LogP contribution < -0.4 is 5.32 Å². The number of fused-ring (bicyclic) bond motifs is 5. The summed E-state index contributed by atoms with van der Waals surface area (Å²) in [4.78, 5) is 35.8. The van der Waals surface area contributed by atoms with Crippen LogP contribution in [0.5, 0.6) is 0 Å². The van der Waals surface area contributed by atoms with Crippen molar-refractivity contribution in [1.82, 2.24) is 5.32 Å². The minimum absolute atomic E-state index is 0.0207. The first-order valence-corrected chi connectivity index (χ1v) is 20.7. The topological polar surface area (TPSA) is 92.7 Å². The lowest BCUT2D eigenvalue weighted by molar-refractivity contribution is -0.162. The van der Waals surface area contributed by atoms with E-state index in [4.69, 9.17) is 9.84 Å². The molecule has 4 rings (SSSR count). The van der Waals surface area contributed by atoms with Gasteiger partial charge in [-0.05, 0) is 149 Å². The molecule has 4 aliphatic rings. The predicted octanol–water partition coefficient (Wildman–Crippen LogP) is 10.8. The molecule has 282 valence electrons. The monoisotopic (exact) mass is 694 g/mol. The summed E-state index contributed by atoms with van der Waals surface area (Å²) in [5.74, 6) is 2.99. The highest BCUT2D eigenvalue weighted by atomic mass is 16.5. The average Bonchev–Trinajstić information content (AvgIpc) is 3.45. The van der Waals surface area contributed by atoms with Crippen molar-refractivity contribution in [3.8, 4) is 0 Å². The molecule has 0 bridgehead atoms. The maximum Gasteiger partial charge on any atom is 0.322 e. The molecule has 1 amide bonds. The van der Waals surface area contributed by atoms with E-state index in [0.29, 0.717) is 41.4 Å². The van der Waals surface area contributed by atoms with E-state index in [1.807, 2.05) is 0 Å². The number of unbranched alkanes of at least 4 members (excludes halogenated alkanes) is 5. The van der Waals surface area contributed by atoms with Crippen LogP contribution >= 0.6 is 0 Å². The lowest BCUT2D eigenvalue weighted by Gasteiger charge is -2.61. The molecule has 4 saturated carbocycles. The van der Waals surface area contributed by atoms with Crippen molar-refractivity contribution in [2.45, 2.75) is 169 Å². The van der Waals surface area contributed by atoms with Gasteiger partial charge in [-0.1, -0.05) is 83.4 Å². The van der Waals surface area contributed by atoms with Gasteiger partial charge in [0.1, 0.15) is 12.6 Å². The third-order valence-electron chi connectivity index (χ3n) is 14.0. The van der Waals surface area contributed by atoms with Crippen LogP contribution in [0.3, 0.4) is 0 Å².